The summed E-state index contributed by atoms with van der Waals surface area (Å²) in [4.78, 5) is 56.3. The maximum absolute atomic E-state index is 13.6. The van der Waals surface area contributed by atoms with Gasteiger partial charge in [-0.15, -0.1) is 0 Å². The van der Waals surface area contributed by atoms with Crippen molar-refractivity contribution < 1.29 is 23.9 Å². The SMILES string of the molecule is COc1ccccc1N1CC2(CC3(C1)C(=O)CC(C)(C)CC3=O)C(=O)CC(C)(C)CC2=O. The number of nitrogens with zero attached hydrogens (tertiary/aromatic N) is 1. The van der Waals surface area contributed by atoms with Gasteiger partial charge in [0, 0.05) is 38.8 Å². The van der Waals surface area contributed by atoms with Gasteiger partial charge < -0.3 is 9.64 Å². The van der Waals surface area contributed by atoms with Crippen molar-refractivity contribution in [2.45, 2.75) is 59.8 Å². The molecular weight excluding hydrogens is 406 g/mol. The van der Waals surface area contributed by atoms with E-state index in [2.05, 4.69) is 0 Å². The molecule has 172 valence electrons. The van der Waals surface area contributed by atoms with Crippen LogP contribution in [0.25, 0.3) is 0 Å². The predicted molar refractivity (Wildman–Crippen MR) is 121 cm³/mol. The molecule has 4 rings (SSSR count). The number of hydrogen-bond acceptors (Lipinski definition) is 6. The topological polar surface area (TPSA) is 80.8 Å². The molecule has 0 atom stereocenters. The molecule has 0 amide bonds. The third kappa shape index (κ3) is 3.48. The highest BCUT2D eigenvalue weighted by molar-refractivity contribution is 6.15. The lowest BCUT2D eigenvalue weighted by Gasteiger charge is -2.54. The number of carbonyl (C=O) groups excluding carboxylic acids is 4. The van der Waals surface area contributed by atoms with Crippen LogP contribution in [0.4, 0.5) is 5.69 Å². The fourth-order valence-corrected chi connectivity index (χ4v) is 5.99. The molecule has 1 aromatic carbocycles. The van der Waals surface area contributed by atoms with E-state index in [-0.39, 0.29) is 68.3 Å². The van der Waals surface area contributed by atoms with Crippen LogP contribution in [0.3, 0.4) is 0 Å². The van der Waals surface area contributed by atoms with E-state index in [0.29, 0.717) is 11.4 Å². The van der Waals surface area contributed by atoms with Crippen LogP contribution in [-0.4, -0.2) is 43.3 Å². The molecule has 0 aromatic heterocycles. The molecule has 2 saturated carbocycles. The quantitative estimate of drug-likeness (QED) is 0.652. The monoisotopic (exact) mass is 439 g/mol. The maximum Gasteiger partial charge on any atom is 0.148 e. The Balaban J connectivity index is 1.86. The number of ether oxygens (including phenoxy) is 1. The number of benzene rings is 1. The molecule has 0 bridgehead atoms. The summed E-state index contributed by atoms with van der Waals surface area (Å²) in [6, 6.07) is 7.36. The molecule has 1 aromatic rings. The number of methoxy groups -OCH3 is 1. The van der Waals surface area contributed by atoms with Crippen molar-refractivity contribution in [3.63, 3.8) is 0 Å². The lowest BCUT2D eigenvalue weighted by atomic mass is 9.51. The number of anilines is 1. The van der Waals surface area contributed by atoms with Crippen molar-refractivity contribution in [1.29, 1.82) is 0 Å². The van der Waals surface area contributed by atoms with E-state index in [9.17, 15) is 19.2 Å². The molecule has 1 heterocycles. The minimum absolute atomic E-state index is 0.00709. The first-order valence-corrected chi connectivity index (χ1v) is 11.4. The minimum atomic E-state index is -1.35. The largest absolute Gasteiger partial charge is 0.495 e. The smallest absolute Gasteiger partial charge is 0.148 e. The van der Waals surface area contributed by atoms with E-state index in [0.717, 1.165) is 0 Å². The summed E-state index contributed by atoms with van der Waals surface area (Å²) in [5.74, 6) is -0.00981. The number of Topliss-reactive ketones (excluding diaryl/α,β-unsaturated/α-hetero) is 4. The van der Waals surface area contributed by atoms with Crippen molar-refractivity contribution in [2.75, 3.05) is 25.1 Å². The normalized spacial score (nSPS) is 26.0. The fraction of sp³-hybridized carbons (Fsp3) is 0.615. The molecule has 0 radical (unpaired) electrons. The Morgan fingerprint density at radius 2 is 1.12 bits per heavy atom. The Bertz CT molecular complexity index is 909. The van der Waals surface area contributed by atoms with Gasteiger partial charge >= 0.3 is 0 Å². The van der Waals surface area contributed by atoms with E-state index in [4.69, 9.17) is 4.74 Å². The first kappa shape index (κ1) is 22.7. The number of carbonyl (C=O) groups is 4. The molecule has 1 aliphatic heterocycles. The molecule has 2 aliphatic carbocycles. The maximum atomic E-state index is 13.6. The molecule has 6 nitrogen and oxygen atoms in total. The highest BCUT2D eigenvalue weighted by Gasteiger charge is 2.64. The summed E-state index contributed by atoms with van der Waals surface area (Å²) in [5, 5.41) is 0. The lowest BCUT2D eigenvalue weighted by Crippen LogP contribution is -2.67. The van der Waals surface area contributed by atoms with Crippen molar-refractivity contribution in [2.24, 2.45) is 21.7 Å². The number of para-hydroxylation sites is 2. The van der Waals surface area contributed by atoms with Crippen LogP contribution in [-0.2, 0) is 19.2 Å². The van der Waals surface area contributed by atoms with Gasteiger partial charge in [-0.25, -0.2) is 0 Å². The van der Waals surface area contributed by atoms with Gasteiger partial charge in [-0.05, 0) is 29.4 Å². The van der Waals surface area contributed by atoms with Crippen molar-refractivity contribution >= 4 is 28.8 Å². The van der Waals surface area contributed by atoms with Gasteiger partial charge in [0.2, 0.25) is 0 Å². The summed E-state index contributed by atoms with van der Waals surface area (Å²) >= 11 is 0. The zero-order valence-electron chi connectivity index (χ0n) is 19.7. The molecule has 3 fully saturated rings. The van der Waals surface area contributed by atoms with Gasteiger partial charge in [-0.3, -0.25) is 19.2 Å². The third-order valence-corrected chi connectivity index (χ3v) is 7.64. The van der Waals surface area contributed by atoms with Crippen LogP contribution < -0.4 is 9.64 Å². The summed E-state index contributed by atoms with van der Waals surface area (Å²) < 4.78 is 5.54. The second kappa shape index (κ2) is 7.26. The van der Waals surface area contributed by atoms with E-state index in [1.165, 1.54) is 0 Å². The Kier molecular flexibility index (Phi) is 5.14. The average Bonchev–Trinajstić information content (AvgIpc) is 2.69. The van der Waals surface area contributed by atoms with Gasteiger partial charge in [0.15, 0.2) is 0 Å². The summed E-state index contributed by atoms with van der Waals surface area (Å²) in [6.45, 7) is 8.04. The van der Waals surface area contributed by atoms with Crippen LogP contribution in [0.1, 0.15) is 59.8 Å². The first-order valence-electron chi connectivity index (χ1n) is 11.4. The highest BCUT2D eigenvalue weighted by Crippen LogP contribution is 2.54. The zero-order chi connectivity index (χ0) is 23.5. The van der Waals surface area contributed by atoms with Crippen LogP contribution in [0.2, 0.25) is 0 Å². The van der Waals surface area contributed by atoms with Crippen LogP contribution in [0.15, 0.2) is 24.3 Å². The molecular formula is C26H33NO5. The van der Waals surface area contributed by atoms with Crippen LogP contribution in [0.5, 0.6) is 5.75 Å². The van der Waals surface area contributed by atoms with Crippen LogP contribution >= 0.6 is 0 Å². The lowest BCUT2D eigenvalue weighted by molar-refractivity contribution is -0.159. The van der Waals surface area contributed by atoms with Crippen molar-refractivity contribution in [3.05, 3.63) is 24.3 Å². The van der Waals surface area contributed by atoms with E-state index < -0.39 is 21.7 Å². The second-order valence-electron chi connectivity index (χ2n) is 11.6. The Morgan fingerprint density at radius 3 is 1.53 bits per heavy atom. The summed E-state index contributed by atoms with van der Waals surface area (Å²) in [7, 11) is 1.56. The van der Waals surface area contributed by atoms with E-state index >= 15 is 0 Å². The standard InChI is InChI=1S/C26H33NO5/c1-23(2)10-19(28)25(20(29)11-23)14-26(21(30)12-24(3,4)13-22(26)31)16-27(15-25)17-8-6-7-9-18(17)32-5/h6-9H,10-16H2,1-5H3. The third-order valence-electron chi connectivity index (χ3n) is 7.64. The number of piperidine rings is 1. The molecule has 6 heteroatoms. The second-order valence-corrected chi connectivity index (χ2v) is 11.6. The van der Waals surface area contributed by atoms with Gasteiger partial charge in [0.1, 0.15) is 39.7 Å². The number of rotatable bonds is 2. The average molecular weight is 440 g/mol. The van der Waals surface area contributed by atoms with Crippen LogP contribution in [0, 0.1) is 21.7 Å². The Labute approximate surface area is 189 Å². The summed E-state index contributed by atoms with van der Waals surface area (Å²) in [6.07, 6.45) is 1.07. The van der Waals surface area contributed by atoms with Gasteiger partial charge in [0.25, 0.3) is 0 Å². The Morgan fingerprint density at radius 1 is 0.719 bits per heavy atom. The Hall–Kier alpha value is -2.50. The number of ketones is 4. The minimum Gasteiger partial charge on any atom is -0.495 e. The van der Waals surface area contributed by atoms with Crippen molar-refractivity contribution in [1.82, 2.24) is 0 Å². The van der Waals surface area contributed by atoms with E-state index in [1.54, 1.807) is 7.11 Å². The van der Waals surface area contributed by atoms with E-state index in [1.807, 2.05) is 56.9 Å². The highest BCUT2D eigenvalue weighted by atomic mass is 16.5. The van der Waals surface area contributed by atoms with Gasteiger partial charge in [-0.1, -0.05) is 39.8 Å². The first-order chi connectivity index (χ1) is 14.8. The summed E-state index contributed by atoms with van der Waals surface area (Å²) in [5.41, 5.74) is -2.82. The molecule has 0 N–H and O–H groups in total. The zero-order valence-corrected chi connectivity index (χ0v) is 19.7. The van der Waals surface area contributed by atoms with Gasteiger partial charge in [0.05, 0.1) is 12.8 Å². The molecule has 0 unspecified atom stereocenters. The molecule has 1 saturated heterocycles. The molecule has 32 heavy (non-hydrogen) atoms. The fourth-order valence-electron chi connectivity index (χ4n) is 5.99. The molecule has 2 spiro atoms. The van der Waals surface area contributed by atoms with Gasteiger partial charge in [-0.2, -0.15) is 0 Å². The van der Waals surface area contributed by atoms with Crippen molar-refractivity contribution in [3.8, 4) is 5.75 Å². The number of hydrogen-bond donors (Lipinski definition) is 0. The predicted octanol–water partition coefficient (Wildman–Crippen LogP) is 3.79. The molecule has 3 aliphatic rings.